The second kappa shape index (κ2) is 7.84. The topological polar surface area (TPSA) is 62.3 Å². The monoisotopic (exact) mass is 253 g/mol. The van der Waals surface area contributed by atoms with E-state index in [1.807, 2.05) is 27.1 Å². The lowest BCUT2D eigenvalue weighted by atomic mass is 10.4. The van der Waals surface area contributed by atoms with Gasteiger partial charge in [0.05, 0.1) is 6.61 Å². The van der Waals surface area contributed by atoms with Gasteiger partial charge in [-0.25, -0.2) is 9.97 Å². The summed E-state index contributed by atoms with van der Waals surface area (Å²) in [6.07, 6.45) is 0. The summed E-state index contributed by atoms with van der Waals surface area (Å²) < 4.78 is 4.99. The molecule has 1 aromatic rings. The molecule has 0 saturated carbocycles. The van der Waals surface area contributed by atoms with Crippen molar-refractivity contribution >= 4 is 11.6 Å². The second-order valence-corrected chi connectivity index (χ2v) is 4.34. The molecule has 0 radical (unpaired) electrons. The fourth-order valence-electron chi connectivity index (χ4n) is 1.44. The fourth-order valence-corrected chi connectivity index (χ4v) is 1.44. The molecule has 0 aliphatic carbocycles. The SMILES string of the molecule is COCCNc1cc(NCCN(C)C)nc(C)n1. The lowest BCUT2D eigenvalue weighted by Crippen LogP contribution is -2.21. The highest BCUT2D eigenvalue weighted by Gasteiger charge is 2.01. The van der Waals surface area contributed by atoms with Gasteiger partial charge >= 0.3 is 0 Å². The summed E-state index contributed by atoms with van der Waals surface area (Å²) in [6, 6.07) is 1.92. The first kappa shape index (κ1) is 14.7. The van der Waals surface area contributed by atoms with Crippen molar-refractivity contribution in [1.82, 2.24) is 14.9 Å². The minimum atomic E-state index is 0.659. The predicted molar refractivity (Wildman–Crippen MR) is 74.2 cm³/mol. The van der Waals surface area contributed by atoms with E-state index in [4.69, 9.17) is 4.74 Å². The number of aryl methyl sites for hydroxylation is 1. The number of likely N-dealkylation sites (N-methyl/N-ethyl adjacent to an activating group) is 1. The molecule has 6 nitrogen and oxygen atoms in total. The predicted octanol–water partition coefficient (Wildman–Crippen LogP) is 0.817. The largest absolute Gasteiger partial charge is 0.383 e. The van der Waals surface area contributed by atoms with Crippen LogP contribution >= 0.6 is 0 Å². The van der Waals surface area contributed by atoms with Crippen LogP contribution in [0.25, 0.3) is 0 Å². The third-order valence-electron chi connectivity index (χ3n) is 2.32. The number of anilines is 2. The molecule has 1 rings (SSSR count). The number of hydrogen-bond donors (Lipinski definition) is 2. The number of aromatic nitrogens is 2. The van der Waals surface area contributed by atoms with E-state index in [1.165, 1.54) is 0 Å². The standard InChI is InChI=1S/C12H23N5O/c1-10-15-11(13-5-7-17(2)3)9-12(16-10)14-6-8-18-4/h9H,5-8H2,1-4H3,(H2,13,14,15,16). The van der Waals surface area contributed by atoms with E-state index in [-0.39, 0.29) is 0 Å². The van der Waals surface area contributed by atoms with E-state index in [0.29, 0.717) is 6.61 Å². The van der Waals surface area contributed by atoms with Gasteiger partial charge < -0.3 is 20.3 Å². The van der Waals surface area contributed by atoms with Crippen molar-refractivity contribution in [2.24, 2.45) is 0 Å². The molecule has 0 aliphatic rings. The lowest BCUT2D eigenvalue weighted by Gasteiger charge is -2.12. The lowest BCUT2D eigenvalue weighted by molar-refractivity contribution is 0.210. The van der Waals surface area contributed by atoms with E-state index in [0.717, 1.165) is 37.1 Å². The maximum absolute atomic E-state index is 4.99. The summed E-state index contributed by atoms with van der Waals surface area (Å²) in [7, 11) is 5.77. The van der Waals surface area contributed by atoms with Crippen LogP contribution in [0.4, 0.5) is 11.6 Å². The maximum atomic E-state index is 4.99. The van der Waals surface area contributed by atoms with Crippen molar-refractivity contribution in [1.29, 1.82) is 0 Å². The molecular weight excluding hydrogens is 230 g/mol. The van der Waals surface area contributed by atoms with Crippen LogP contribution in [0.3, 0.4) is 0 Å². The highest BCUT2D eigenvalue weighted by atomic mass is 16.5. The van der Waals surface area contributed by atoms with Crippen LogP contribution in [0.5, 0.6) is 0 Å². The number of hydrogen-bond acceptors (Lipinski definition) is 6. The van der Waals surface area contributed by atoms with E-state index in [9.17, 15) is 0 Å². The Hall–Kier alpha value is -1.40. The van der Waals surface area contributed by atoms with Crippen molar-refractivity contribution in [3.8, 4) is 0 Å². The van der Waals surface area contributed by atoms with Gasteiger partial charge in [0, 0.05) is 32.8 Å². The molecule has 0 aromatic carbocycles. The number of nitrogens with one attached hydrogen (secondary N) is 2. The molecule has 0 spiro atoms. The molecule has 0 unspecified atom stereocenters. The Morgan fingerprint density at radius 1 is 1.17 bits per heavy atom. The number of methoxy groups -OCH3 is 1. The Bertz CT molecular complexity index is 356. The molecule has 0 aliphatic heterocycles. The minimum absolute atomic E-state index is 0.659. The molecule has 0 saturated heterocycles. The van der Waals surface area contributed by atoms with E-state index < -0.39 is 0 Å². The summed E-state index contributed by atoms with van der Waals surface area (Å²) in [5.41, 5.74) is 0. The zero-order valence-corrected chi connectivity index (χ0v) is 11.7. The summed E-state index contributed by atoms with van der Waals surface area (Å²) in [5, 5.41) is 6.48. The molecule has 1 heterocycles. The van der Waals surface area contributed by atoms with Gasteiger partial charge in [0.15, 0.2) is 0 Å². The number of rotatable bonds is 8. The first-order valence-corrected chi connectivity index (χ1v) is 6.09. The van der Waals surface area contributed by atoms with Crippen LogP contribution < -0.4 is 10.6 Å². The zero-order chi connectivity index (χ0) is 13.4. The average molecular weight is 253 g/mol. The average Bonchev–Trinajstić information content (AvgIpc) is 2.28. The molecule has 0 bridgehead atoms. The Morgan fingerprint density at radius 3 is 2.33 bits per heavy atom. The van der Waals surface area contributed by atoms with Crippen molar-refractivity contribution in [3.63, 3.8) is 0 Å². The van der Waals surface area contributed by atoms with Crippen molar-refractivity contribution in [2.75, 3.05) is 58.1 Å². The normalized spacial score (nSPS) is 10.7. The van der Waals surface area contributed by atoms with Gasteiger partial charge in [-0.3, -0.25) is 0 Å². The van der Waals surface area contributed by atoms with Crippen molar-refractivity contribution in [2.45, 2.75) is 6.92 Å². The maximum Gasteiger partial charge on any atom is 0.131 e. The van der Waals surface area contributed by atoms with Gasteiger partial charge in [-0.2, -0.15) is 0 Å². The molecule has 2 N–H and O–H groups in total. The van der Waals surface area contributed by atoms with Crippen LogP contribution in [0, 0.1) is 6.92 Å². The number of nitrogens with zero attached hydrogens (tertiary/aromatic N) is 3. The summed E-state index contributed by atoms with van der Waals surface area (Å²) in [6.45, 7) is 5.12. The van der Waals surface area contributed by atoms with Crippen LogP contribution in [0.2, 0.25) is 0 Å². The summed E-state index contributed by atoms with van der Waals surface area (Å²) in [5.74, 6) is 2.43. The van der Waals surface area contributed by atoms with Gasteiger partial charge in [-0.15, -0.1) is 0 Å². The highest BCUT2D eigenvalue weighted by molar-refractivity contribution is 5.47. The van der Waals surface area contributed by atoms with Crippen LogP contribution in [0.1, 0.15) is 5.82 Å². The molecule has 18 heavy (non-hydrogen) atoms. The molecule has 0 amide bonds. The third kappa shape index (κ3) is 5.79. The summed E-state index contributed by atoms with van der Waals surface area (Å²) >= 11 is 0. The second-order valence-electron chi connectivity index (χ2n) is 4.34. The molecule has 0 fully saturated rings. The van der Waals surface area contributed by atoms with Crippen LogP contribution in [-0.2, 0) is 4.74 Å². The minimum Gasteiger partial charge on any atom is -0.383 e. The van der Waals surface area contributed by atoms with Gasteiger partial charge in [0.1, 0.15) is 17.5 Å². The number of ether oxygens (including phenoxy) is 1. The Kier molecular flexibility index (Phi) is 6.38. The molecule has 1 aromatic heterocycles. The van der Waals surface area contributed by atoms with E-state index >= 15 is 0 Å². The van der Waals surface area contributed by atoms with Crippen molar-refractivity contribution < 1.29 is 4.74 Å². The van der Waals surface area contributed by atoms with Gasteiger partial charge in [-0.1, -0.05) is 0 Å². The van der Waals surface area contributed by atoms with Gasteiger partial charge in [0.25, 0.3) is 0 Å². The van der Waals surface area contributed by atoms with Crippen LogP contribution in [0.15, 0.2) is 6.07 Å². The van der Waals surface area contributed by atoms with Gasteiger partial charge in [-0.05, 0) is 21.0 Å². The molecule has 102 valence electrons. The molecule has 6 heteroatoms. The first-order valence-electron chi connectivity index (χ1n) is 6.09. The molecular formula is C12H23N5O. The van der Waals surface area contributed by atoms with Crippen LogP contribution in [-0.4, -0.2) is 62.3 Å². The highest BCUT2D eigenvalue weighted by Crippen LogP contribution is 2.10. The van der Waals surface area contributed by atoms with E-state index in [1.54, 1.807) is 7.11 Å². The third-order valence-corrected chi connectivity index (χ3v) is 2.32. The summed E-state index contributed by atoms with van der Waals surface area (Å²) in [4.78, 5) is 10.8. The molecule has 0 atom stereocenters. The quantitative estimate of drug-likeness (QED) is 0.669. The van der Waals surface area contributed by atoms with Crippen molar-refractivity contribution in [3.05, 3.63) is 11.9 Å². The smallest absolute Gasteiger partial charge is 0.131 e. The Labute approximate surface area is 109 Å². The Morgan fingerprint density at radius 2 is 1.78 bits per heavy atom. The first-order chi connectivity index (χ1) is 8.61. The zero-order valence-electron chi connectivity index (χ0n) is 11.7. The Balaban J connectivity index is 2.51. The van der Waals surface area contributed by atoms with E-state index in [2.05, 4.69) is 25.5 Å². The fraction of sp³-hybridized carbons (Fsp3) is 0.667. The van der Waals surface area contributed by atoms with Gasteiger partial charge in [0.2, 0.25) is 0 Å².